The molecule has 1 saturated heterocycles. The highest BCUT2D eigenvalue weighted by atomic mass is 16.2. The molecule has 4 nitrogen and oxygen atoms in total. The normalized spacial score (nSPS) is 19.4. The van der Waals surface area contributed by atoms with Crippen LogP contribution < -0.4 is 11.1 Å². The lowest BCUT2D eigenvalue weighted by atomic mass is 9.96. The van der Waals surface area contributed by atoms with Crippen LogP contribution in [0.3, 0.4) is 0 Å². The highest BCUT2D eigenvalue weighted by molar-refractivity contribution is 5.89. The number of likely N-dealkylation sites (tertiary alicyclic amines) is 1. The molecule has 2 rings (SSSR count). The number of hydrogen-bond acceptors (Lipinski definition) is 2. The summed E-state index contributed by atoms with van der Waals surface area (Å²) in [5, 5.41) is 2.93. The van der Waals surface area contributed by atoms with E-state index in [9.17, 15) is 4.79 Å². The summed E-state index contributed by atoms with van der Waals surface area (Å²) in [5.41, 5.74) is 7.16. The van der Waals surface area contributed by atoms with E-state index in [0.717, 1.165) is 37.5 Å². The largest absolute Gasteiger partial charge is 0.399 e. The maximum absolute atomic E-state index is 12.3. The van der Waals surface area contributed by atoms with E-state index in [2.05, 4.69) is 12.2 Å². The second-order valence-corrected chi connectivity index (χ2v) is 5.63. The summed E-state index contributed by atoms with van der Waals surface area (Å²) in [7, 11) is 0. The Labute approximate surface area is 121 Å². The van der Waals surface area contributed by atoms with Gasteiger partial charge in [0.05, 0.1) is 0 Å². The van der Waals surface area contributed by atoms with Gasteiger partial charge in [0.1, 0.15) is 0 Å². The van der Waals surface area contributed by atoms with Crippen LogP contribution in [0.4, 0.5) is 16.2 Å². The summed E-state index contributed by atoms with van der Waals surface area (Å²) in [6.07, 6.45) is 5.99. The zero-order chi connectivity index (χ0) is 14.4. The van der Waals surface area contributed by atoms with Gasteiger partial charge in [-0.1, -0.05) is 25.8 Å². The summed E-state index contributed by atoms with van der Waals surface area (Å²) in [6, 6.07) is 7.32. The summed E-state index contributed by atoms with van der Waals surface area (Å²) in [6.45, 7) is 3.95. The van der Waals surface area contributed by atoms with E-state index in [1.807, 2.05) is 23.1 Å². The number of carbonyl (C=O) groups is 1. The lowest BCUT2D eigenvalue weighted by molar-refractivity contribution is 0.213. The van der Waals surface area contributed by atoms with Gasteiger partial charge in [-0.3, -0.25) is 0 Å². The van der Waals surface area contributed by atoms with Gasteiger partial charge in [0.15, 0.2) is 0 Å². The predicted molar refractivity (Wildman–Crippen MR) is 83.7 cm³/mol. The van der Waals surface area contributed by atoms with E-state index >= 15 is 0 Å². The standard InChI is InChI=1S/C16H25N3O/c1-2-5-13-6-4-10-19(11-9-13)16(20)18-15-8-3-7-14(17)12-15/h3,7-8,12-13H,2,4-6,9-11,17H2,1H3,(H,18,20). The van der Waals surface area contributed by atoms with Gasteiger partial charge < -0.3 is 16.0 Å². The van der Waals surface area contributed by atoms with Crippen molar-refractivity contribution < 1.29 is 4.79 Å². The molecule has 20 heavy (non-hydrogen) atoms. The fourth-order valence-corrected chi connectivity index (χ4v) is 2.88. The van der Waals surface area contributed by atoms with Gasteiger partial charge >= 0.3 is 6.03 Å². The van der Waals surface area contributed by atoms with E-state index in [1.165, 1.54) is 19.3 Å². The van der Waals surface area contributed by atoms with Crippen LogP contribution in [-0.4, -0.2) is 24.0 Å². The Bertz CT molecular complexity index is 447. The van der Waals surface area contributed by atoms with Crippen LogP contribution in [0.2, 0.25) is 0 Å². The second-order valence-electron chi connectivity index (χ2n) is 5.63. The lowest BCUT2D eigenvalue weighted by Gasteiger charge is -2.21. The molecule has 1 heterocycles. The number of nitrogens with zero attached hydrogens (tertiary/aromatic N) is 1. The Hall–Kier alpha value is -1.71. The van der Waals surface area contributed by atoms with Crippen molar-refractivity contribution in [1.29, 1.82) is 0 Å². The molecule has 1 fully saturated rings. The molecule has 4 heteroatoms. The molecule has 1 aromatic carbocycles. The average Bonchev–Trinajstić information content (AvgIpc) is 2.65. The molecule has 1 unspecified atom stereocenters. The first-order valence-corrected chi connectivity index (χ1v) is 7.60. The van der Waals surface area contributed by atoms with Crippen LogP contribution in [-0.2, 0) is 0 Å². The second kappa shape index (κ2) is 7.17. The van der Waals surface area contributed by atoms with Gasteiger partial charge in [0.2, 0.25) is 0 Å². The molecule has 0 saturated carbocycles. The minimum atomic E-state index is -0.00671. The molecule has 0 bridgehead atoms. The molecular weight excluding hydrogens is 250 g/mol. The highest BCUT2D eigenvalue weighted by Gasteiger charge is 2.20. The molecule has 110 valence electrons. The third-order valence-electron chi connectivity index (χ3n) is 3.97. The number of carbonyl (C=O) groups excluding carboxylic acids is 1. The van der Waals surface area contributed by atoms with Crippen LogP contribution in [0.15, 0.2) is 24.3 Å². The first-order chi connectivity index (χ1) is 9.69. The van der Waals surface area contributed by atoms with Crippen molar-refractivity contribution in [1.82, 2.24) is 4.90 Å². The maximum atomic E-state index is 12.3. The van der Waals surface area contributed by atoms with Crippen molar-refractivity contribution in [3.05, 3.63) is 24.3 Å². The smallest absolute Gasteiger partial charge is 0.321 e. The van der Waals surface area contributed by atoms with Crippen LogP contribution in [0.25, 0.3) is 0 Å². The van der Waals surface area contributed by atoms with E-state index < -0.39 is 0 Å². The van der Waals surface area contributed by atoms with Gasteiger partial charge in [-0.2, -0.15) is 0 Å². The molecule has 1 atom stereocenters. The number of urea groups is 1. The quantitative estimate of drug-likeness (QED) is 0.826. The van der Waals surface area contributed by atoms with Crippen molar-refractivity contribution in [3.63, 3.8) is 0 Å². The third-order valence-corrected chi connectivity index (χ3v) is 3.97. The molecule has 0 aliphatic carbocycles. The average molecular weight is 275 g/mol. The molecule has 1 aliphatic heterocycles. The van der Waals surface area contributed by atoms with E-state index in [0.29, 0.717) is 5.69 Å². The number of hydrogen-bond donors (Lipinski definition) is 2. The van der Waals surface area contributed by atoms with Gasteiger partial charge in [-0.15, -0.1) is 0 Å². The first-order valence-electron chi connectivity index (χ1n) is 7.60. The summed E-state index contributed by atoms with van der Waals surface area (Å²) in [5.74, 6) is 0.783. The summed E-state index contributed by atoms with van der Waals surface area (Å²) >= 11 is 0. The highest BCUT2D eigenvalue weighted by Crippen LogP contribution is 2.22. The zero-order valence-electron chi connectivity index (χ0n) is 12.3. The summed E-state index contributed by atoms with van der Waals surface area (Å²) < 4.78 is 0. The number of anilines is 2. The predicted octanol–water partition coefficient (Wildman–Crippen LogP) is 3.70. The molecule has 1 aliphatic rings. The zero-order valence-corrected chi connectivity index (χ0v) is 12.3. The topological polar surface area (TPSA) is 58.4 Å². The van der Waals surface area contributed by atoms with Crippen LogP contribution >= 0.6 is 0 Å². The maximum Gasteiger partial charge on any atom is 0.321 e. The number of nitrogens with one attached hydrogen (secondary N) is 1. The van der Waals surface area contributed by atoms with Crippen molar-refractivity contribution in [2.75, 3.05) is 24.1 Å². The number of nitrogens with two attached hydrogens (primary N) is 1. The van der Waals surface area contributed by atoms with Crippen LogP contribution in [0.1, 0.15) is 39.0 Å². The Morgan fingerprint density at radius 2 is 2.25 bits per heavy atom. The molecule has 3 N–H and O–H groups in total. The van der Waals surface area contributed by atoms with Gasteiger partial charge in [-0.25, -0.2) is 4.79 Å². The Balaban J connectivity index is 1.89. The minimum absolute atomic E-state index is 0.00671. The fourth-order valence-electron chi connectivity index (χ4n) is 2.88. The molecule has 0 radical (unpaired) electrons. The monoisotopic (exact) mass is 275 g/mol. The molecule has 0 aromatic heterocycles. The van der Waals surface area contributed by atoms with E-state index in [4.69, 9.17) is 5.73 Å². The van der Waals surface area contributed by atoms with Gasteiger partial charge in [0, 0.05) is 24.5 Å². The van der Waals surface area contributed by atoms with E-state index in [-0.39, 0.29) is 6.03 Å². The molecule has 2 amide bonds. The van der Waals surface area contributed by atoms with Crippen molar-refractivity contribution in [3.8, 4) is 0 Å². The first kappa shape index (κ1) is 14.7. The number of rotatable bonds is 3. The van der Waals surface area contributed by atoms with Crippen molar-refractivity contribution in [2.24, 2.45) is 5.92 Å². The Morgan fingerprint density at radius 3 is 3.00 bits per heavy atom. The van der Waals surface area contributed by atoms with Crippen LogP contribution in [0, 0.1) is 5.92 Å². The Morgan fingerprint density at radius 1 is 1.40 bits per heavy atom. The number of amides is 2. The minimum Gasteiger partial charge on any atom is -0.399 e. The van der Waals surface area contributed by atoms with Crippen LogP contribution in [0.5, 0.6) is 0 Å². The van der Waals surface area contributed by atoms with Crippen molar-refractivity contribution in [2.45, 2.75) is 39.0 Å². The summed E-state index contributed by atoms with van der Waals surface area (Å²) in [4.78, 5) is 14.2. The number of nitrogen functional groups attached to an aromatic ring is 1. The third kappa shape index (κ3) is 4.15. The number of benzene rings is 1. The molecule has 1 aromatic rings. The van der Waals surface area contributed by atoms with E-state index in [1.54, 1.807) is 6.07 Å². The lowest BCUT2D eigenvalue weighted by Crippen LogP contribution is -2.35. The SMILES string of the molecule is CCCC1CCCN(C(=O)Nc2cccc(N)c2)CC1. The van der Waals surface area contributed by atoms with Crippen molar-refractivity contribution >= 4 is 17.4 Å². The molecule has 0 spiro atoms. The Kier molecular flexibility index (Phi) is 5.27. The van der Waals surface area contributed by atoms with Gasteiger partial charge in [-0.05, 0) is 43.4 Å². The molecular formula is C16H25N3O. The fraction of sp³-hybridized carbons (Fsp3) is 0.562. The van der Waals surface area contributed by atoms with Gasteiger partial charge in [0.25, 0.3) is 0 Å².